The molecule has 2 atom stereocenters. The van der Waals surface area contributed by atoms with Crippen LogP contribution in [0.4, 0.5) is 0 Å². The molecule has 0 aromatic heterocycles. The van der Waals surface area contributed by atoms with E-state index in [1.165, 1.54) is 32.4 Å². The molecule has 2 heterocycles. The Bertz CT molecular complexity index is 237. The quantitative estimate of drug-likeness (QED) is 0.561. The number of aliphatic hydroxyl groups is 1. The fourth-order valence-corrected chi connectivity index (χ4v) is 3.50. The largest absolute Gasteiger partial charge is 0.396 e. The van der Waals surface area contributed by atoms with Crippen LogP contribution >= 0.6 is 0 Å². The van der Waals surface area contributed by atoms with Crippen molar-refractivity contribution in [2.24, 2.45) is 5.73 Å². The molecule has 0 aliphatic carbocycles. The topological polar surface area (TPSA) is 61.5 Å². The molecule has 4 N–H and O–H groups in total. The summed E-state index contributed by atoms with van der Waals surface area (Å²) in [7, 11) is 0. The Morgan fingerprint density at radius 1 is 1.29 bits per heavy atom. The number of nitrogens with zero attached hydrogens (tertiary/aromatic N) is 1. The Morgan fingerprint density at radius 2 is 2.18 bits per heavy atom. The first-order chi connectivity index (χ1) is 8.32. The highest BCUT2D eigenvalue weighted by Crippen LogP contribution is 2.35. The van der Waals surface area contributed by atoms with Crippen molar-refractivity contribution in [2.45, 2.75) is 50.1 Å². The second-order valence-electron chi connectivity index (χ2n) is 5.52. The van der Waals surface area contributed by atoms with Crippen molar-refractivity contribution < 1.29 is 5.11 Å². The maximum atomic E-state index is 8.75. The third-order valence-electron chi connectivity index (χ3n) is 4.52. The first kappa shape index (κ1) is 13.3. The maximum absolute atomic E-state index is 8.75. The third-order valence-corrected chi connectivity index (χ3v) is 4.52. The van der Waals surface area contributed by atoms with Gasteiger partial charge in [0.25, 0.3) is 0 Å². The van der Waals surface area contributed by atoms with Crippen LogP contribution in [-0.4, -0.2) is 54.4 Å². The van der Waals surface area contributed by atoms with Crippen LogP contribution in [0.5, 0.6) is 0 Å². The lowest BCUT2D eigenvalue weighted by atomic mass is 9.88. The average molecular weight is 241 g/mol. The molecule has 100 valence electrons. The molecule has 0 aromatic carbocycles. The lowest BCUT2D eigenvalue weighted by Gasteiger charge is -2.35. The van der Waals surface area contributed by atoms with Gasteiger partial charge < -0.3 is 16.2 Å². The van der Waals surface area contributed by atoms with E-state index in [1.54, 1.807) is 0 Å². The fourth-order valence-electron chi connectivity index (χ4n) is 3.50. The van der Waals surface area contributed by atoms with E-state index in [2.05, 4.69) is 10.2 Å². The van der Waals surface area contributed by atoms with Crippen molar-refractivity contribution >= 4 is 0 Å². The Kier molecular flexibility index (Phi) is 4.79. The van der Waals surface area contributed by atoms with Crippen LogP contribution in [0.15, 0.2) is 0 Å². The molecule has 2 unspecified atom stereocenters. The first-order valence-electron chi connectivity index (χ1n) is 7.12. The fraction of sp³-hybridized carbons (Fsp3) is 1.00. The van der Waals surface area contributed by atoms with Gasteiger partial charge in [-0.1, -0.05) is 0 Å². The smallest absolute Gasteiger partial charge is 0.0473 e. The zero-order chi connectivity index (χ0) is 12.1. The molecule has 0 amide bonds. The van der Waals surface area contributed by atoms with Gasteiger partial charge in [-0.15, -0.1) is 0 Å². The van der Waals surface area contributed by atoms with Crippen LogP contribution in [0.1, 0.15) is 38.5 Å². The number of unbranched alkanes of at least 4 members (excludes halogenated alkanes) is 2. The minimum atomic E-state index is 0.176. The van der Waals surface area contributed by atoms with Crippen molar-refractivity contribution in [3.05, 3.63) is 0 Å². The highest BCUT2D eigenvalue weighted by atomic mass is 16.2. The average Bonchev–Trinajstić information content (AvgIpc) is 2.92. The van der Waals surface area contributed by atoms with Gasteiger partial charge in [-0.2, -0.15) is 0 Å². The summed E-state index contributed by atoms with van der Waals surface area (Å²) in [6.45, 7) is 4.60. The molecular weight excluding hydrogens is 214 g/mol. The summed E-state index contributed by atoms with van der Waals surface area (Å²) in [4.78, 5) is 2.60. The second kappa shape index (κ2) is 6.14. The van der Waals surface area contributed by atoms with Gasteiger partial charge in [0.15, 0.2) is 0 Å². The molecule has 0 saturated carbocycles. The molecule has 17 heavy (non-hydrogen) atoms. The second-order valence-corrected chi connectivity index (χ2v) is 5.52. The van der Waals surface area contributed by atoms with Crippen LogP contribution in [0.3, 0.4) is 0 Å². The summed E-state index contributed by atoms with van der Waals surface area (Å²) in [5.41, 5.74) is 6.21. The highest BCUT2D eigenvalue weighted by Gasteiger charge is 2.47. The lowest BCUT2D eigenvalue weighted by Crippen LogP contribution is -2.58. The minimum Gasteiger partial charge on any atom is -0.396 e. The van der Waals surface area contributed by atoms with Crippen LogP contribution in [-0.2, 0) is 0 Å². The van der Waals surface area contributed by atoms with Gasteiger partial charge in [-0.05, 0) is 51.6 Å². The zero-order valence-corrected chi connectivity index (χ0v) is 10.8. The van der Waals surface area contributed by atoms with E-state index in [0.29, 0.717) is 12.6 Å². The molecule has 2 aliphatic heterocycles. The molecule has 2 saturated heterocycles. The molecule has 4 heteroatoms. The molecule has 0 radical (unpaired) electrons. The predicted octanol–water partition coefficient (Wildman–Crippen LogP) is 0.304. The third kappa shape index (κ3) is 2.81. The van der Waals surface area contributed by atoms with Crippen molar-refractivity contribution in [1.29, 1.82) is 0 Å². The van der Waals surface area contributed by atoms with Crippen molar-refractivity contribution in [3.8, 4) is 0 Å². The van der Waals surface area contributed by atoms with Crippen LogP contribution < -0.4 is 11.1 Å². The monoisotopic (exact) mass is 241 g/mol. The van der Waals surface area contributed by atoms with E-state index in [0.717, 1.165) is 32.4 Å². The zero-order valence-electron chi connectivity index (χ0n) is 10.8. The molecule has 2 aliphatic rings. The van der Waals surface area contributed by atoms with E-state index in [1.807, 2.05) is 0 Å². The van der Waals surface area contributed by atoms with Gasteiger partial charge in [0.05, 0.1) is 0 Å². The van der Waals surface area contributed by atoms with Gasteiger partial charge in [0.1, 0.15) is 0 Å². The van der Waals surface area contributed by atoms with Crippen LogP contribution in [0, 0.1) is 0 Å². The molecule has 4 nitrogen and oxygen atoms in total. The summed E-state index contributed by atoms with van der Waals surface area (Å²) < 4.78 is 0. The first-order valence-corrected chi connectivity index (χ1v) is 7.12. The number of nitrogens with two attached hydrogens (primary N) is 1. The standard InChI is InChI=1S/C13H27N3O/c14-11-13(15-7-2-1-3-10-17)6-9-16-8-4-5-12(13)16/h12,15,17H,1-11,14H2. The molecule has 0 bridgehead atoms. The molecule has 2 rings (SSSR count). The van der Waals surface area contributed by atoms with E-state index >= 15 is 0 Å². The Labute approximate surface area is 105 Å². The maximum Gasteiger partial charge on any atom is 0.0473 e. The van der Waals surface area contributed by atoms with E-state index in [9.17, 15) is 0 Å². The van der Waals surface area contributed by atoms with Gasteiger partial charge in [0.2, 0.25) is 0 Å². The van der Waals surface area contributed by atoms with E-state index < -0.39 is 0 Å². The summed E-state index contributed by atoms with van der Waals surface area (Å²) in [6.07, 6.45) is 7.02. The van der Waals surface area contributed by atoms with Crippen LogP contribution in [0.25, 0.3) is 0 Å². The number of nitrogens with one attached hydrogen (secondary N) is 1. The van der Waals surface area contributed by atoms with Crippen LogP contribution in [0.2, 0.25) is 0 Å². The molecule has 0 aromatic rings. The molecule has 2 fully saturated rings. The van der Waals surface area contributed by atoms with Crippen molar-refractivity contribution in [1.82, 2.24) is 10.2 Å². The number of aliphatic hydroxyl groups excluding tert-OH is 1. The number of hydrogen-bond donors (Lipinski definition) is 3. The predicted molar refractivity (Wildman–Crippen MR) is 69.9 cm³/mol. The molecule has 0 spiro atoms. The number of rotatable bonds is 7. The summed E-state index contributed by atoms with van der Waals surface area (Å²) in [5.74, 6) is 0. The van der Waals surface area contributed by atoms with Gasteiger partial charge in [0, 0.05) is 31.3 Å². The number of hydrogen-bond acceptors (Lipinski definition) is 4. The van der Waals surface area contributed by atoms with Gasteiger partial charge in [-0.3, -0.25) is 4.90 Å². The normalized spacial score (nSPS) is 33.2. The highest BCUT2D eigenvalue weighted by molar-refractivity contribution is 5.08. The molecular formula is C13H27N3O. The van der Waals surface area contributed by atoms with Crippen molar-refractivity contribution in [3.63, 3.8) is 0 Å². The number of fused-ring (bicyclic) bond motifs is 1. The Hall–Kier alpha value is -0.160. The summed E-state index contributed by atoms with van der Waals surface area (Å²) in [6, 6.07) is 0.672. The van der Waals surface area contributed by atoms with Crippen molar-refractivity contribution in [2.75, 3.05) is 32.8 Å². The SMILES string of the molecule is NCC1(NCCCCCO)CCN2CCCC21. The Balaban J connectivity index is 1.79. The van der Waals surface area contributed by atoms with Gasteiger partial charge in [-0.25, -0.2) is 0 Å². The lowest BCUT2D eigenvalue weighted by molar-refractivity contribution is 0.227. The summed E-state index contributed by atoms with van der Waals surface area (Å²) >= 11 is 0. The van der Waals surface area contributed by atoms with Gasteiger partial charge >= 0.3 is 0 Å². The minimum absolute atomic E-state index is 0.176. The van der Waals surface area contributed by atoms with E-state index in [-0.39, 0.29) is 5.54 Å². The Morgan fingerprint density at radius 3 is 2.94 bits per heavy atom. The van der Waals surface area contributed by atoms with E-state index in [4.69, 9.17) is 10.8 Å². The summed E-state index contributed by atoms with van der Waals surface area (Å²) in [5, 5.41) is 12.5.